The van der Waals surface area contributed by atoms with Crippen molar-refractivity contribution >= 4 is 23.1 Å². The Morgan fingerprint density at radius 2 is 2.05 bits per heavy atom. The van der Waals surface area contributed by atoms with Gasteiger partial charge in [-0.25, -0.2) is 0 Å². The molecule has 0 radical (unpaired) electrons. The van der Waals surface area contributed by atoms with Crippen LogP contribution in [0.3, 0.4) is 0 Å². The standard InChI is InChI=1S/C14H20N2O2S/c1-18-9-4-2-3-8-16-14(17)12-7-5-6-11(10-12)13(15)19/h5-7,10H,2-4,8-9H2,1H3,(H2,15,19)(H,16,17). The molecule has 1 amide bonds. The van der Waals surface area contributed by atoms with Crippen LogP contribution in [0.4, 0.5) is 0 Å². The minimum atomic E-state index is -0.0927. The molecule has 0 saturated carbocycles. The van der Waals surface area contributed by atoms with Crippen LogP contribution in [0.25, 0.3) is 0 Å². The number of amides is 1. The zero-order valence-electron chi connectivity index (χ0n) is 11.1. The van der Waals surface area contributed by atoms with Crippen molar-refractivity contribution in [2.45, 2.75) is 19.3 Å². The van der Waals surface area contributed by atoms with Crippen LogP contribution in [0.2, 0.25) is 0 Å². The van der Waals surface area contributed by atoms with E-state index in [1.165, 1.54) is 0 Å². The Hall–Kier alpha value is -1.46. The number of benzene rings is 1. The largest absolute Gasteiger partial charge is 0.389 e. The van der Waals surface area contributed by atoms with Crippen molar-refractivity contribution in [1.82, 2.24) is 5.32 Å². The average Bonchev–Trinajstić information content (AvgIpc) is 2.42. The van der Waals surface area contributed by atoms with Crippen molar-refractivity contribution < 1.29 is 9.53 Å². The third kappa shape index (κ3) is 5.81. The van der Waals surface area contributed by atoms with Crippen molar-refractivity contribution in [2.75, 3.05) is 20.3 Å². The number of methoxy groups -OCH3 is 1. The maximum Gasteiger partial charge on any atom is 0.251 e. The fourth-order valence-corrected chi connectivity index (χ4v) is 1.79. The van der Waals surface area contributed by atoms with Gasteiger partial charge in [-0.1, -0.05) is 24.4 Å². The van der Waals surface area contributed by atoms with Gasteiger partial charge in [0.15, 0.2) is 0 Å². The highest BCUT2D eigenvalue weighted by Gasteiger charge is 2.06. The van der Waals surface area contributed by atoms with E-state index < -0.39 is 0 Å². The number of carbonyl (C=O) groups is 1. The predicted molar refractivity (Wildman–Crippen MR) is 80.4 cm³/mol. The van der Waals surface area contributed by atoms with Crippen molar-refractivity contribution in [1.29, 1.82) is 0 Å². The van der Waals surface area contributed by atoms with E-state index in [1.807, 2.05) is 0 Å². The molecule has 104 valence electrons. The molecule has 0 saturated heterocycles. The molecule has 0 aromatic heterocycles. The van der Waals surface area contributed by atoms with Gasteiger partial charge in [-0.05, 0) is 31.4 Å². The summed E-state index contributed by atoms with van der Waals surface area (Å²) in [6, 6.07) is 7.04. The molecular formula is C14H20N2O2S. The van der Waals surface area contributed by atoms with Crippen molar-refractivity contribution in [3.8, 4) is 0 Å². The first-order valence-electron chi connectivity index (χ1n) is 6.32. The second kappa shape index (κ2) is 8.61. The SMILES string of the molecule is COCCCCCNC(=O)c1cccc(C(N)=S)c1. The van der Waals surface area contributed by atoms with Crippen molar-refractivity contribution in [3.63, 3.8) is 0 Å². The van der Waals surface area contributed by atoms with Gasteiger partial charge >= 0.3 is 0 Å². The number of unbranched alkanes of at least 4 members (excludes halogenated alkanes) is 2. The highest BCUT2D eigenvalue weighted by Crippen LogP contribution is 2.05. The topological polar surface area (TPSA) is 64.3 Å². The first-order chi connectivity index (χ1) is 9.15. The molecule has 5 heteroatoms. The van der Waals surface area contributed by atoms with E-state index in [0.717, 1.165) is 25.9 Å². The Morgan fingerprint density at radius 3 is 2.74 bits per heavy atom. The lowest BCUT2D eigenvalue weighted by Gasteiger charge is -2.06. The number of ether oxygens (including phenoxy) is 1. The number of carbonyl (C=O) groups excluding carboxylic acids is 1. The fourth-order valence-electron chi connectivity index (χ4n) is 1.67. The molecule has 0 spiro atoms. The second-order valence-corrected chi connectivity index (χ2v) is 4.69. The van der Waals surface area contributed by atoms with E-state index in [1.54, 1.807) is 31.4 Å². The normalized spacial score (nSPS) is 10.2. The summed E-state index contributed by atoms with van der Waals surface area (Å²) in [4.78, 5) is 12.2. The summed E-state index contributed by atoms with van der Waals surface area (Å²) < 4.78 is 4.96. The molecule has 4 nitrogen and oxygen atoms in total. The lowest BCUT2D eigenvalue weighted by molar-refractivity contribution is 0.0952. The quantitative estimate of drug-likeness (QED) is 0.563. The first kappa shape index (κ1) is 15.6. The molecule has 0 aliphatic heterocycles. The fraction of sp³-hybridized carbons (Fsp3) is 0.429. The van der Waals surface area contributed by atoms with Crippen LogP contribution in [-0.4, -0.2) is 31.2 Å². The third-order valence-electron chi connectivity index (χ3n) is 2.72. The summed E-state index contributed by atoms with van der Waals surface area (Å²) in [6.07, 6.45) is 3.01. The lowest BCUT2D eigenvalue weighted by atomic mass is 10.1. The highest BCUT2D eigenvalue weighted by atomic mass is 32.1. The van der Waals surface area contributed by atoms with Crippen LogP contribution in [0, 0.1) is 0 Å². The molecule has 0 bridgehead atoms. The smallest absolute Gasteiger partial charge is 0.251 e. The molecular weight excluding hydrogens is 260 g/mol. The average molecular weight is 280 g/mol. The molecule has 1 rings (SSSR count). The number of nitrogens with one attached hydrogen (secondary N) is 1. The summed E-state index contributed by atoms with van der Waals surface area (Å²) in [5.41, 5.74) is 6.84. The van der Waals surface area contributed by atoms with Crippen LogP contribution >= 0.6 is 12.2 Å². The van der Waals surface area contributed by atoms with E-state index in [-0.39, 0.29) is 5.91 Å². The van der Waals surface area contributed by atoms with Crippen LogP contribution in [0.1, 0.15) is 35.2 Å². The van der Waals surface area contributed by atoms with E-state index in [4.69, 9.17) is 22.7 Å². The molecule has 0 heterocycles. The Morgan fingerprint density at radius 1 is 1.32 bits per heavy atom. The Bertz CT molecular complexity index is 435. The predicted octanol–water partition coefficient (Wildman–Crippen LogP) is 1.87. The number of thiocarbonyl (C=S) groups is 1. The van der Waals surface area contributed by atoms with Gasteiger partial charge in [0.05, 0.1) is 0 Å². The van der Waals surface area contributed by atoms with E-state index in [2.05, 4.69) is 5.32 Å². The summed E-state index contributed by atoms with van der Waals surface area (Å²) >= 11 is 4.89. The summed E-state index contributed by atoms with van der Waals surface area (Å²) in [5, 5.41) is 2.88. The zero-order valence-corrected chi connectivity index (χ0v) is 12.0. The van der Waals surface area contributed by atoms with E-state index in [0.29, 0.717) is 22.7 Å². The van der Waals surface area contributed by atoms with Crippen LogP contribution < -0.4 is 11.1 Å². The minimum Gasteiger partial charge on any atom is -0.389 e. The van der Waals surface area contributed by atoms with Gasteiger partial charge in [0.1, 0.15) is 4.99 Å². The molecule has 3 N–H and O–H groups in total. The molecule has 1 aromatic rings. The molecule has 0 aliphatic carbocycles. The second-order valence-electron chi connectivity index (χ2n) is 4.25. The van der Waals surface area contributed by atoms with Gasteiger partial charge in [0.2, 0.25) is 0 Å². The van der Waals surface area contributed by atoms with E-state index >= 15 is 0 Å². The maximum absolute atomic E-state index is 11.9. The molecule has 19 heavy (non-hydrogen) atoms. The Kier molecular flexibility index (Phi) is 7.07. The number of rotatable bonds is 8. The maximum atomic E-state index is 11.9. The van der Waals surface area contributed by atoms with Gasteiger partial charge in [-0.3, -0.25) is 4.79 Å². The van der Waals surface area contributed by atoms with Gasteiger partial charge in [0.25, 0.3) is 5.91 Å². The van der Waals surface area contributed by atoms with Crippen LogP contribution in [-0.2, 0) is 4.74 Å². The first-order valence-corrected chi connectivity index (χ1v) is 6.73. The Labute approximate surface area is 119 Å². The van der Waals surface area contributed by atoms with Gasteiger partial charge in [-0.2, -0.15) is 0 Å². The molecule has 0 fully saturated rings. The van der Waals surface area contributed by atoms with Crippen molar-refractivity contribution in [3.05, 3.63) is 35.4 Å². The minimum absolute atomic E-state index is 0.0927. The zero-order chi connectivity index (χ0) is 14.1. The van der Waals surface area contributed by atoms with Crippen molar-refractivity contribution in [2.24, 2.45) is 5.73 Å². The molecule has 0 aliphatic rings. The van der Waals surface area contributed by atoms with Crippen LogP contribution in [0.15, 0.2) is 24.3 Å². The molecule has 0 atom stereocenters. The Balaban J connectivity index is 2.37. The summed E-state index contributed by atoms with van der Waals surface area (Å²) in [5.74, 6) is -0.0927. The monoisotopic (exact) mass is 280 g/mol. The summed E-state index contributed by atoms with van der Waals surface area (Å²) in [6.45, 7) is 1.43. The van der Waals surface area contributed by atoms with Gasteiger partial charge < -0.3 is 15.8 Å². The lowest BCUT2D eigenvalue weighted by Crippen LogP contribution is -2.25. The highest BCUT2D eigenvalue weighted by molar-refractivity contribution is 7.80. The third-order valence-corrected chi connectivity index (χ3v) is 2.96. The van der Waals surface area contributed by atoms with E-state index in [9.17, 15) is 4.79 Å². The molecule has 1 aromatic carbocycles. The summed E-state index contributed by atoms with van der Waals surface area (Å²) in [7, 11) is 1.69. The van der Waals surface area contributed by atoms with Gasteiger partial charge in [0, 0.05) is 31.4 Å². The number of hydrogen-bond acceptors (Lipinski definition) is 3. The number of hydrogen-bond donors (Lipinski definition) is 2. The number of nitrogens with two attached hydrogens (primary N) is 1. The van der Waals surface area contributed by atoms with Crippen LogP contribution in [0.5, 0.6) is 0 Å². The van der Waals surface area contributed by atoms with Gasteiger partial charge in [-0.15, -0.1) is 0 Å². The molecule has 0 unspecified atom stereocenters.